The van der Waals surface area contributed by atoms with Crippen molar-refractivity contribution in [3.8, 4) is 0 Å². The van der Waals surface area contributed by atoms with E-state index < -0.39 is 15.4 Å². The molecule has 0 aliphatic heterocycles. The van der Waals surface area contributed by atoms with E-state index in [1.807, 2.05) is 0 Å². The number of hydrogen-bond acceptors (Lipinski definition) is 1. The van der Waals surface area contributed by atoms with E-state index in [9.17, 15) is 4.79 Å². The summed E-state index contributed by atoms with van der Waals surface area (Å²) in [4.78, 5) is 10.3. The van der Waals surface area contributed by atoms with Crippen LogP contribution < -0.4 is 0 Å². The molecule has 0 rings (SSSR count). The summed E-state index contributed by atoms with van der Waals surface area (Å²) in [6.45, 7) is 2.27. The number of unbranched alkanes of at least 4 members (excludes halogenated alkanes) is 14. The predicted molar refractivity (Wildman–Crippen MR) is 111 cm³/mol. The molecule has 0 radical (unpaired) electrons. The Morgan fingerprint density at radius 1 is 0.640 bits per heavy atom. The van der Waals surface area contributed by atoms with E-state index >= 15 is 0 Å². The number of carbonyl (C=O) groups is 1. The average molecular weight is 478 g/mol. The van der Waals surface area contributed by atoms with E-state index in [-0.39, 0.29) is 0 Å². The van der Waals surface area contributed by atoms with Gasteiger partial charge in [0.05, 0.1) is 0 Å². The van der Waals surface area contributed by atoms with Crippen LogP contribution in [-0.4, -0.2) is 11.1 Å². The van der Waals surface area contributed by atoms with Crippen molar-refractivity contribution in [1.29, 1.82) is 0 Å². The van der Waals surface area contributed by atoms with Gasteiger partial charge in [-0.05, 0) is 6.42 Å². The first-order valence-electron chi connectivity index (χ1n) is 9.61. The zero-order valence-corrected chi connectivity index (χ0v) is 19.9. The third-order valence-electron chi connectivity index (χ3n) is 3.99. The monoisotopic (exact) mass is 476 g/mol. The van der Waals surface area contributed by atoms with Gasteiger partial charge in [0.1, 0.15) is 0 Å². The molecule has 0 unspecified atom stereocenters. The molecule has 0 aromatic heterocycles. The molecule has 0 atom stereocenters. The van der Waals surface area contributed by atoms with E-state index in [1.54, 1.807) is 0 Å². The van der Waals surface area contributed by atoms with E-state index in [2.05, 4.69) is 6.92 Å². The Labute approximate surface area is 174 Å². The van der Waals surface area contributed by atoms with Crippen LogP contribution in [0.25, 0.3) is 0 Å². The Hall–Kier alpha value is 1.16. The molecular weight excluding hydrogens is 442 g/mol. The maximum absolute atomic E-state index is 10.3. The number of rotatable bonds is 16. The summed E-state index contributed by atoms with van der Waals surface area (Å²) in [5.74, 6) is -0.653. The van der Waals surface area contributed by atoms with Crippen molar-refractivity contribution in [2.75, 3.05) is 0 Å². The summed E-state index contributed by atoms with van der Waals surface area (Å²) in [6, 6.07) is 0. The van der Waals surface area contributed by atoms with E-state index in [0.717, 1.165) is 12.8 Å². The summed E-state index contributed by atoms with van der Waals surface area (Å²) in [5.41, 5.74) is 0. The van der Waals surface area contributed by atoms with Crippen molar-refractivity contribution in [2.45, 2.75) is 110 Å². The van der Waals surface area contributed by atoms with Crippen molar-refractivity contribution in [2.24, 2.45) is 0 Å². The van der Waals surface area contributed by atoms with Gasteiger partial charge in [-0.1, -0.05) is 96.8 Å². The molecule has 0 saturated heterocycles. The molecule has 0 heterocycles. The van der Waals surface area contributed by atoms with Crippen LogP contribution in [0, 0.1) is 0 Å². The normalized spacial score (nSPS) is 11.7. The number of carboxylic acid groups (broad SMARTS) is 1. The molecule has 7 heteroatoms. The molecule has 0 bridgehead atoms. The molecule has 0 saturated carbocycles. The molecule has 0 aromatic carbocycles. The Kier molecular flexibility index (Phi) is 24.4. The van der Waals surface area contributed by atoms with Crippen LogP contribution in [0.2, 0.25) is 0 Å². The van der Waals surface area contributed by atoms with Crippen LogP contribution in [0.3, 0.4) is 0 Å². The van der Waals surface area contributed by atoms with Gasteiger partial charge < -0.3 is 5.11 Å². The quantitative estimate of drug-likeness (QED) is 0.225. The second-order valence-electron chi connectivity index (χ2n) is 6.44. The molecule has 25 heavy (non-hydrogen) atoms. The van der Waals surface area contributed by atoms with Crippen LogP contribution in [0.4, 0.5) is 0 Å². The first-order chi connectivity index (χ1) is 11.8. The van der Waals surface area contributed by atoms with Crippen molar-refractivity contribution < 1.29 is 19.3 Å². The zero-order chi connectivity index (χ0) is 19.4. The summed E-state index contributed by atoms with van der Waals surface area (Å²) in [6.07, 6.45) is 20.2. The van der Waals surface area contributed by atoms with Gasteiger partial charge in [-0.25, -0.2) is 0 Å². The molecule has 0 aromatic rings. The Bertz CT molecular complexity index is 281. The zero-order valence-electron chi connectivity index (χ0n) is 15.6. The van der Waals surface area contributed by atoms with Crippen LogP contribution >= 0.6 is 40.2 Å². The van der Waals surface area contributed by atoms with E-state index in [0.29, 0.717) is 6.42 Å². The van der Waals surface area contributed by atoms with Gasteiger partial charge in [0.15, 0.2) is 0 Å². The second-order valence-corrected chi connectivity index (χ2v) is 19.1. The molecule has 0 fully saturated rings. The Morgan fingerprint density at radius 2 is 0.880 bits per heavy atom. The number of carboxylic acids is 1. The van der Waals surface area contributed by atoms with Crippen LogP contribution in [-0.2, 0) is 14.2 Å². The van der Waals surface area contributed by atoms with E-state index in [1.165, 1.54) is 83.5 Å². The first kappa shape index (κ1) is 28.4. The van der Waals surface area contributed by atoms with Gasteiger partial charge in [0.25, 0.3) is 0 Å². The van der Waals surface area contributed by atoms with Gasteiger partial charge in [0.2, 0.25) is 0 Å². The topological polar surface area (TPSA) is 37.3 Å². The summed E-state index contributed by atoms with van der Waals surface area (Å²) in [7, 11) is 17.1. The molecule has 0 amide bonds. The van der Waals surface area contributed by atoms with Gasteiger partial charge in [0, 0.05) is 6.42 Å². The van der Waals surface area contributed by atoms with Crippen LogP contribution in [0.5, 0.6) is 0 Å². The minimum absolute atomic E-state index is 0.345. The number of halogens is 4. The maximum atomic E-state index is 10.3. The molecule has 1 N–H and O–H groups in total. The standard InChI is InChI=1S/C18H36O2.4ClH.Cr/c1-2-3-4-5-6-7-8-9-10-11-12-13-14-15-16-17-18(19)20;;;;;/h2-17H2,1H3,(H,19,20);4*1H;/q;;;;;+4/p-4. The fourth-order valence-corrected chi connectivity index (χ4v) is 2.65. The Balaban J connectivity index is 0. The SMILES string of the molecule is CCCCCCCCCCCCCCCCCC(=O)O.[Cl][Cr]([Cl])([Cl])[Cl]. The Morgan fingerprint density at radius 3 is 1.12 bits per heavy atom. The third kappa shape index (κ3) is 40.9. The van der Waals surface area contributed by atoms with Gasteiger partial charge >= 0.3 is 55.6 Å². The van der Waals surface area contributed by atoms with Gasteiger partial charge in [-0.2, -0.15) is 0 Å². The van der Waals surface area contributed by atoms with Crippen LogP contribution in [0.1, 0.15) is 110 Å². The second kappa shape index (κ2) is 21.5. The molecule has 0 aliphatic rings. The third-order valence-corrected chi connectivity index (χ3v) is 3.99. The summed E-state index contributed by atoms with van der Waals surface area (Å²) < 4.78 is 0. The molecular formula is C18H36Cl4CrO2. The number of hydrogen-bond donors (Lipinski definition) is 1. The number of aliphatic carboxylic acids is 1. The van der Waals surface area contributed by atoms with Crippen LogP contribution in [0.15, 0.2) is 0 Å². The molecule has 0 spiro atoms. The van der Waals surface area contributed by atoms with Crippen molar-refractivity contribution in [1.82, 2.24) is 0 Å². The van der Waals surface area contributed by atoms with Gasteiger partial charge in [-0.3, -0.25) is 4.79 Å². The molecule has 2 nitrogen and oxygen atoms in total. The fraction of sp³-hybridized carbons (Fsp3) is 0.944. The van der Waals surface area contributed by atoms with Crippen molar-refractivity contribution >= 4 is 46.2 Å². The summed E-state index contributed by atoms with van der Waals surface area (Å²) >= 11 is 0. The van der Waals surface area contributed by atoms with Crippen molar-refractivity contribution in [3.63, 3.8) is 0 Å². The summed E-state index contributed by atoms with van der Waals surface area (Å²) in [5, 5.41) is 8.52. The first-order valence-corrected chi connectivity index (χ1v) is 16.6. The van der Waals surface area contributed by atoms with E-state index in [4.69, 9.17) is 45.3 Å². The predicted octanol–water partition coefficient (Wildman–Crippen LogP) is 9.09. The molecule has 154 valence electrons. The van der Waals surface area contributed by atoms with Gasteiger partial charge in [-0.15, -0.1) is 0 Å². The molecule has 0 aliphatic carbocycles. The fourth-order valence-electron chi connectivity index (χ4n) is 2.65. The minimum atomic E-state index is -2.86. The van der Waals surface area contributed by atoms with Crippen molar-refractivity contribution in [3.05, 3.63) is 0 Å². The average Bonchev–Trinajstić information content (AvgIpc) is 2.49.